The third-order valence-corrected chi connectivity index (χ3v) is 8.49. The Balaban J connectivity index is 1.33. The molecular formula is C45H29N3O. The zero-order valence-electron chi connectivity index (χ0n) is 33.0. The van der Waals surface area contributed by atoms with Gasteiger partial charge in [0.1, 0.15) is 11.2 Å². The van der Waals surface area contributed by atoms with Gasteiger partial charge in [-0.15, -0.1) is 0 Å². The second-order valence-electron chi connectivity index (χ2n) is 11.5. The van der Waals surface area contributed by atoms with Crippen molar-refractivity contribution in [2.45, 2.75) is 0 Å². The lowest BCUT2D eigenvalue weighted by atomic mass is 9.92. The number of benzene rings is 7. The molecule has 0 saturated heterocycles. The average Bonchev–Trinajstić information content (AvgIpc) is 3.60. The number of fused-ring (bicyclic) bond motifs is 3. The summed E-state index contributed by atoms with van der Waals surface area (Å²) in [7, 11) is 0. The minimum Gasteiger partial charge on any atom is -0.456 e. The van der Waals surface area contributed by atoms with Crippen molar-refractivity contribution in [2.24, 2.45) is 0 Å². The lowest BCUT2D eigenvalue weighted by Gasteiger charge is -2.14. The molecule has 0 amide bonds. The van der Waals surface area contributed by atoms with Crippen molar-refractivity contribution in [3.8, 4) is 67.5 Å². The number of hydrogen-bond acceptors (Lipinski definition) is 4. The normalized spacial score (nSPS) is 13.3. The van der Waals surface area contributed by atoms with Gasteiger partial charge in [0.05, 0.1) is 9.60 Å². The minimum atomic E-state index is -0.477. The molecule has 7 aromatic carbocycles. The Kier molecular flexibility index (Phi) is 5.47. The molecule has 2 heterocycles. The summed E-state index contributed by atoms with van der Waals surface area (Å²) in [4.78, 5) is 15.0. The summed E-state index contributed by atoms with van der Waals surface area (Å²) in [6, 6.07) is 39.6. The average molecular weight is 635 g/mol. The van der Waals surface area contributed by atoms with E-state index in [9.17, 15) is 0 Å². The second-order valence-corrected chi connectivity index (χ2v) is 11.5. The summed E-state index contributed by atoms with van der Waals surface area (Å²) < 4.78 is 66.7. The standard InChI is InChI=1S/C45H29N3O/c1-4-14-30(15-5-1)33-20-12-21-34(28-33)43-46-44(48-45(47-43)38-23-13-25-41-42(38)37-22-10-11-24-40(37)49-41)35-26-27-36(31-16-6-2-7-17-31)39(29-35)32-18-8-3-9-19-32/h1-29H/i3D,8D,9D,10D,18D,19D,23D. The fourth-order valence-electron chi connectivity index (χ4n) is 6.19. The highest BCUT2D eigenvalue weighted by Crippen LogP contribution is 2.38. The van der Waals surface area contributed by atoms with Gasteiger partial charge in [0.25, 0.3) is 0 Å². The van der Waals surface area contributed by atoms with E-state index in [-0.39, 0.29) is 41.4 Å². The van der Waals surface area contributed by atoms with Gasteiger partial charge in [-0.25, -0.2) is 15.0 Å². The van der Waals surface area contributed by atoms with Crippen LogP contribution in [0.1, 0.15) is 9.60 Å². The summed E-state index contributed by atoms with van der Waals surface area (Å²) in [5.41, 5.74) is 6.56. The van der Waals surface area contributed by atoms with E-state index in [2.05, 4.69) is 0 Å². The Bertz CT molecular complexity index is 2980. The minimum absolute atomic E-state index is 0.0519. The van der Waals surface area contributed by atoms with Crippen LogP contribution in [-0.4, -0.2) is 15.0 Å². The van der Waals surface area contributed by atoms with Crippen molar-refractivity contribution in [2.75, 3.05) is 0 Å². The molecule has 0 radical (unpaired) electrons. The fourth-order valence-corrected chi connectivity index (χ4v) is 6.19. The molecule has 4 heteroatoms. The SMILES string of the molecule is [2H]c1ccc2oc3ccc([2H])c(-c4nc(-c5cccc(-c6ccccc6)c5)nc(-c5ccc(-c6ccccc6)c(-c6c([2H])c([2H])c([2H])c([2H])c6[2H])c5)n4)c3c2c1. The largest absolute Gasteiger partial charge is 0.456 e. The second kappa shape index (κ2) is 12.2. The van der Waals surface area contributed by atoms with Crippen molar-refractivity contribution >= 4 is 21.9 Å². The van der Waals surface area contributed by atoms with Gasteiger partial charge in [0.2, 0.25) is 0 Å². The molecular weight excluding hydrogens is 599 g/mol. The van der Waals surface area contributed by atoms with Gasteiger partial charge < -0.3 is 4.42 Å². The highest BCUT2D eigenvalue weighted by Gasteiger charge is 2.19. The molecule has 0 saturated carbocycles. The molecule has 0 fully saturated rings. The summed E-state index contributed by atoms with van der Waals surface area (Å²) in [5.74, 6) is 0.790. The summed E-state index contributed by atoms with van der Waals surface area (Å²) in [6.07, 6.45) is 0. The molecule has 0 unspecified atom stereocenters. The van der Waals surface area contributed by atoms with E-state index in [0.29, 0.717) is 55.6 Å². The van der Waals surface area contributed by atoms with Gasteiger partial charge in [-0.05, 0) is 57.6 Å². The maximum atomic E-state index is 9.15. The van der Waals surface area contributed by atoms with Crippen LogP contribution in [0.5, 0.6) is 0 Å². The number of furan rings is 1. The zero-order valence-corrected chi connectivity index (χ0v) is 26.0. The van der Waals surface area contributed by atoms with Crippen LogP contribution in [0.4, 0.5) is 0 Å². The van der Waals surface area contributed by atoms with Gasteiger partial charge in [-0.2, -0.15) is 0 Å². The van der Waals surface area contributed by atoms with Crippen molar-refractivity contribution in [1.29, 1.82) is 0 Å². The van der Waals surface area contributed by atoms with Crippen LogP contribution in [0, 0.1) is 0 Å². The van der Waals surface area contributed by atoms with E-state index >= 15 is 0 Å². The maximum absolute atomic E-state index is 9.15. The number of hydrogen-bond donors (Lipinski definition) is 0. The van der Waals surface area contributed by atoms with Gasteiger partial charge >= 0.3 is 0 Å². The lowest BCUT2D eigenvalue weighted by Crippen LogP contribution is -2.01. The summed E-state index contributed by atoms with van der Waals surface area (Å²) in [6.45, 7) is 0. The Morgan fingerprint density at radius 1 is 0.388 bits per heavy atom. The van der Waals surface area contributed by atoms with Crippen molar-refractivity contribution in [3.63, 3.8) is 0 Å². The summed E-state index contributed by atoms with van der Waals surface area (Å²) >= 11 is 0. The van der Waals surface area contributed by atoms with Gasteiger partial charge in [0, 0.05) is 27.5 Å². The third kappa shape index (κ3) is 5.35. The zero-order chi connectivity index (χ0) is 38.7. The summed E-state index contributed by atoms with van der Waals surface area (Å²) in [5, 5.41) is 1.25. The van der Waals surface area contributed by atoms with Gasteiger partial charge in [-0.3, -0.25) is 0 Å². The number of nitrogens with zero attached hydrogens (tertiary/aromatic N) is 3. The van der Waals surface area contributed by atoms with Crippen LogP contribution < -0.4 is 0 Å². The molecule has 0 aliphatic rings. The van der Waals surface area contributed by atoms with E-state index in [1.165, 1.54) is 0 Å². The van der Waals surface area contributed by atoms with Gasteiger partial charge in [-0.1, -0.05) is 151 Å². The first-order valence-corrected chi connectivity index (χ1v) is 15.8. The van der Waals surface area contributed by atoms with Gasteiger partial charge in [0.15, 0.2) is 17.5 Å². The van der Waals surface area contributed by atoms with E-state index in [4.69, 9.17) is 29.0 Å². The van der Waals surface area contributed by atoms with E-state index in [0.717, 1.165) is 16.7 Å². The quantitative estimate of drug-likeness (QED) is 0.183. The van der Waals surface area contributed by atoms with Crippen LogP contribution in [0.25, 0.3) is 89.5 Å². The molecule has 0 bridgehead atoms. The molecule has 0 aliphatic heterocycles. The number of rotatable bonds is 6. The van der Waals surface area contributed by atoms with Crippen LogP contribution in [0.3, 0.4) is 0 Å². The predicted molar refractivity (Wildman–Crippen MR) is 200 cm³/mol. The molecule has 9 rings (SSSR count). The number of para-hydroxylation sites is 1. The first kappa shape index (κ1) is 22.0. The van der Waals surface area contributed by atoms with Crippen LogP contribution in [0.15, 0.2) is 180 Å². The molecule has 0 atom stereocenters. The van der Waals surface area contributed by atoms with Crippen LogP contribution in [0.2, 0.25) is 0 Å². The van der Waals surface area contributed by atoms with E-state index in [1.54, 1.807) is 36.4 Å². The predicted octanol–water partition coefficient (Wildman–Crippen LogP) is 11.8. The number of aromatic nitrogens is 3. The fraction of sp³-hybridized carbons (Fsp3) is 0. The van der Waals surface area contributed by atoms with Crippen molar-refractivity contribution in [1.82, 2.24) is 15.0 Å². The van der Waals surface area contributed by atoms with Crippen LogP contribution in [-0.2, 0) is 0 Å². The smallest absolute Gasteiger partial charge is 0.164 e. The monoisotopic (exact) mass is 634 g/mol. The topological polar surface area (TPSA) is 51.8 Å². The Labute approximate surface area is 293 Å². The lowest BCUT2D eigenvalue weighted by molar-refractivity contribution is 0.669. The van der Waals surface area contributed by atoms with Crippen molar-refractivity contribution in [3.05, 3.63) is 176 Å². The molecule has 9 aromatic rings. The first-order chi connectivity index (χ1) is 27.2. The highest BCUT2D eigenvalue weighted by atomic mass is 16.3. The highest BCUT2D eigenvalue weighted by molar-refractivity contribution is 6.11. The Morgan fingerprint density at radius 2 is 1.06 bits per heavy atom. The third-order valence-electron chi connectivity index (χ3n) is 8.49. The van der Waals surface area contributed by atoms with E-state index < -0.39 is 18.1 Å². The maximum Gasteiger partial charge on any atom is 0.164 e. The molecule has 0 spiro atoms. The molecule has 0 aliphatic carbocycles. The van der Waals surface area contributed by atoms with Crippen molar-refractivity contribution < 1.29 is 14.0 Å². The van der Waals surface area contributed by atoms with Crippen LogP contribution >= 0.6 is 0 Å². The molecule has 4 nitrogen and oxygen atoms in total. The Morgan fingerprint density at radius 3 is 1.86 bits per heavy atom. The molecule has 49 heavy (non-hydrogen) atoms. The molecule has 230 valence electrons. The molecule has 0 N–H and O–H groups in total. The molecule has 2 aromatic heterocycles. The Hall–Kier alpha value is -6.65. The first-order valence-electron chi connectivity index (χ1n) is 19.3. The van der Waals surface area contributed by atoms with E-state index in [1.807, 2.05) is 97.1 Å².